The Balaban J connectivity index is 1.69. The maximum Gasteiger partial charge on any atom is 0.165 e. The van der Waals surface area contributed by atoms with Gasteiger partial charge in [-0.15, -0.1) is 0 Å². The van der Waals surface area contributed by atoms with Gasteiger partial charge < -0.3 is 14.2 Å². The second kappa shape index (κ2) is 4.91. The monoisotopic (exact) mass is 301 g/mol. The Morgan fingerprint density at radius 1 is 1.36 bits per heavy atom. The number of hydrogen-bond donors (Lipinski definition) is 0. The second-order valence-corrected chi connectivity index (χ2v) is 6.57. The molecule has 6 nitrogen and oxygen atoms in total. The first-order valence-corrected chi connectivity index (χ1v) is 8.12. The summed E-state index contributed by atoms with van der Waals surface area (Å²) >= 11 is 0. The van der Waals surface area contributed by atoms with Crippen molar-refractivity contribution in [2.24, 2.45) is 5.41 Å². The van der Waals surface area contributed by atoms with Gasteiger partial charge in [-0.05, 0) is 26.2 Å². The van der Waals surface area contributed by atoms with E-state index in [1.54, 1.807) is 6.33 Å². The predicted octanol–water partition coefficient (Wildman–Crippen LogP) is 2.24. The lowest BCUT2D eigenvalue weighted by Crippen LogP contribution is -2.67. The minimum atomic E-state index is 0.327. The molecule has 2 aromatic rings. The summed E-state index contributed by atoms with van der Waals surface area (Å²) in [6.07, 6.45) is 8.83. The molecule has 0 bridgehead atoms. The molecule has 1 spiro atoms. The van der Waals surface area contributed by atoms with Gasteiger partial charge in [0.25, 0.3) is 0 Å². The van der Waals surface area contributed by atoms with Gasteiger partial charge in [-0.25, -0.2) is 15.0 Å². The zero-order valence-electron chi connectivity index (χ0n) is 13.5. The van der Waals surface area contributed by atoms with Crippen molar-refractivity contribution in [1.82, 2.24) is 19.5 Å². The molecule has 22 heavy (non-hydrogen) atoms. The van der Waals surface area contributed by atoms with Crippen LogP contribution in [0.15, 0.2) is 12.7 Å². The fourth-order valence-corrected chi connectivity index (χ4v) is 4.35. The third-order valence-corrected chi connectivity index (χ3v) is 5.84. The van der Waals surface area contributed by atoms with Gasteiger partial charge in [-0.1, -0.05) is 6.42 Å². The van der Waals surface area contributed by atoms with Crippen LogP contribution in [-0.4, -0.2) is 45.8 Å². The van der Waals surface area contributed by atoms with E-state index in [1.807, 2.05) is 13.4 Å². The SMILES string of the molecule is CCn1cnc2c(N(C)C3CC(OC)C34CCC4)ncnc21. The highest BCUT2D eigenvalue weighted by atomic mass is 16.5. The van der Waals surface area contributed by atoms with Crippen LogP contribution in [0.4, 0.5) is 5.82 Å². The van der Waals surface area contributed by atoms with Gasteiger partial charge in [-0.2, -0.15) is 0 Å². The van der Waals surface area contributed by atoms with E-state index in [2.05, 4.69) is 38.4 Å². The van der Waals surface area contributed by atoms with Crippen molar-refractivity contribution < 1.29 is 4.74 Å². The largest absolute Gasteiger partial charge is 0.381 e. The average Bonchev–Trinajstić information content (AvgIpc) is 2.87. The van der Waals surface area contributed by atoms with E-state index < -0.39 is 0 Å². The molecule has 0 amide bonds. The Bertz CT molecular complexity index is 693. The first kappa shape index (κ1) is 13.9. The Morgan fingerprint density at radius 2 is 2.18 bits per heavy atom. The summed E-state index contributed by atoms with van der Waals surface area (Å²) < 4.78 is 7.75. The molecule has 118 valence electrons. The van der Waals surface area contributed by atoms with Gasteiger partial charge in [0.2, 0.25) is 0 Å². The summed E-state index contributed by atoms with van der Waals surface area (Å²) in [5.74, 6) is 0.947. The summed E-state index contributed by atoms with van der Waals surface area (Å²) in [7, 11) is 3.98. The molecule has 2 aliphatic carbocycles. The lowest BCUT2D eigenvalue weighted by molar-refractivity contribution is -0.152. The average molecular weight is 301 g/mol. The first-order valence-electron chi connectivity index (χ1n) is 8.12. The number of aryl methyl sites for hydroxylation is 1. The molecule has 2 aromatic heterocycles. The standard InChI is InChI=1S/C16H23N5O/c1-4-21-10-19-13-14(17-9-18-15(13)21)20(2)11-8-12(22-3)16(11)6-5-7-16/h9-12H,4-8H2,1-3H3. The number of nitrogens with zero attached hydrogens (tertiary/aromatic N) is 5. The second-order valence-electron chi connectivity index (χ2n) is 6.57. The van der Waals surface area contributed by atoms with Crippen molar-refractivity contribution in [1.29, 1.82) is 0 Å². The molecule has 2 heterocycles. The fourth-order valence-electron chi connectivity index (χ4n) is 4.35. The molecule has 0 radical (unpaired) electrons. The molecule has 0 saturated heterocycles. The number of hydrogen-bond acceptors (Lipinski definition) is 5. The summed E-state index contributed by atoms with van der Waals surface area (Å²) in [6, 6.07) is 0.496. The lowest BCUT2D eigenvalue weighted by Gasteiger charge is -2.63. The van der Waals surface area contributed by atoms with Crippen LogP contribution in [-0.2, 0) is 11.3 Å². The zero-order valence-corrected chi connectivity index (χ0v) is 13.5. The Labute approximate surface area is 130 Å². The molecule has 2 saturated carbocycles. The summed E-state index contributed by atoms with van der Waals surface area (Å²) in [4.78, 5) is 15.8. The highest BCUT2D eigenvalue weighted by Crippen LogP contribution is 2.59. The molecule has 2 aliphatic rings. The van der Waals surface area contributed by atoms with Crippen LogP contribution in [0.1, 0.15) is 32.6 Å². The highest BCUT2D eigenvalue weighted by Gasteiger charge is 2.60. The van der Waals surface area contributed by atoms with E-state index in [0.717, 1.165) is 29.9 Å². The Kier molecular flexibility index (Phi) is 3.11. The van der Waals surface area contributed by atoms with Crippen LogP contribution < -0.4 is 4.90 Å². The van der Waals surface area contributed by atoms with Crippen molar-refractivity contribution >= 4 is 17.0 Å². The van der Waals surface area contributed by atoms with Gasteiger partial charge >= 0.3 is 0 Å². The van der Waals surface area contributed by atoms with E-state index in [0.29, 0.717) is 17.6 Å². The molecule has 4 rings (SSSR count). The van der Waals surface area contributed by atoms with Gasteiger partial charge in [-0.3, -0.25) is 0 Å². The number of methoxy groups -OCH3 is 1. The summed E-state index contributed by atoms with van der Waals surface area (Å²) in [5.41, 5.74) is 2.15. The Morgan fingerprint density at radius 3 is 2.82 bits per heavy atom. The number of fused-ring (bicyclic) bond motifs is 1. The van der Waals surface area contributed by atoms with Crippen molar-refractivity contribution in [3.8, 4) is 0 Å². The van der Waals surface area contributed by atoms with E-state index in [9.17, 15) is 0 Å². The Hall–Kier alpha value is -1.69. The molecule has 0 aromatic carbocycles. The normalized spacial score (nSPS) is 26.0. The minimum Gasteiger partial charge on any atom is -0.381 e. The predicted molar refractivity (Wildman–Crippen MR) is 84.9 cm³/mol. The van der Waals surface area contributed by atoms with Crippen LogP contribution in [0.3, 0.4) is 0 Å². The molecule has 2 fully saturated rings. The molecule has 2 unspecified atom stereocenters. The van der Waals surface area contributed by atoms with Crippen LogP contribution >= 0.6 is 0 Å². The van der Waals surface area contributed by atoms with Gasteiger partial charge in [0.15, 0.2) is 17.0 Å². The molecular weight excluding hydrogens is 278 g/mol. The molecule has 0 aliphatic heterocycles. The van der Waals surface area contributed by atoms with Crippen LogP contribution in [0.2, 0.25) is 0 Å². The van der Waals surface area contributed by atoms with Crippen LogP contribution in [0, 0.1) is 5.41 Å². The zero-order chi connectivity index (χ0) is 15.3. The minimum absolute atomic E-state index is 0.327. The van der Waals surface area contributed by atoms with E-state index >= 15 is 0 Å². The van der Waals surface area contributed by atoms with Crippen molar-refractivity contribution in [2.45, 2.75) is 51.3 Å². The smallest absolute Gasteiger partial charge is 0.165 e. The summed E-state index contributed by atoms with van der Waals surface area (Å²) in [6.45, 7) is 2.97. The maximum atomic E-state index is 5.69. The topological polar surface area (TPSA) is 56.1 Å². The fraction of sp³-hybridized carbons (Fsp3) is 0.688. The van der Waals surface area contributed by atoms with E-state index in [4.69, 9.17) is 4.74 Å². The highest BCUT2D eigenvalue weighted by molar-refractivity contribution is 5.83. The van der Waals surface area contributed by atoms with Gasteiger partial charge in [0.05, 0.1) is 12.4 Å². The molecule has 2 atom stereocenters. The van der Waals surface area contributed by atoms with Gasteiger partial charge in [0.1, 0.15) is 6.33 Å². The quantitative estimate of drug-likeness (QED) is 0.867. The number of imidazole rings is 1. The van der Waals surface area contributed by atoms with Crippen molar-refractivity contribution in [3.05, 3.63) is 12.7 Å². The molecule has 6 heteroatoms. The van der Waals surface area contributed by atoms with Crippen LogP contribution in [0.25, 0.3) is 11.2 Å². The first-order chi connectivity index (χ1) is 10.7. The van der Waals surface area contributed by atoms with Crippen molar-refractivity contribution in [3.63, 3.8) is 0 Å². The molecular formula is C16H23N5O. The number of aromatic nitrogens is 4. The number of ether oxygens (including phenoxy) is 1. The van der Waals surface area contributed by atoms with Crippen LogP contribution in [0.5, 0.6) is 0 Å². The van der Waals surface area contributed by atoms with Crippen molar-refractivity contribution in [2.75, 3.05) is 19.1 Å². The van der Waals surface area contributed by atoms with E-state index in [1.165, 1.54) is 19.3 Å². The summed E-state index contributed by atoms with van der Waals surface area (Å²) in [5, 5.41) is 0. The molecule has 0 N–H and O–H groups in total. The van der Waals surface area contributed by atoms with Gasteiger partial charge in [0, 0.05) is 32.2 Å². The maximum absolute atomic E-state index is 5.69. The number of rotatable bonds is 4. The van der Waals surface area contributed by atoms with E-state index in [-0.39, 0.29) is 0 Å². The third-order valence-electron chi connectivity index (χ3n) is 5.84. The number of anilines is 1. The third kappa shape index (κ3) is 1.67. The lowest BCUT2D eigenvalue weighted by atomic mass is 9.50.